The van der Waals surface area contributed by atoms with Crippen molar-refractivity contribution in [1.29, 1.82) is 0 Å². The number of hydrogen-bond acceptors (Lipinski definition) is 6. The maximum absolute atomic E-state index is 4.49. The summed E-state index contributed by atoms with van der Waals surface area (Å²) in [6.07, 6.45) is 1.70. The Morgan fingerprint density at radius 1 is 1.10 bits per heavy atom. The van der Waals surface area contributed by atoms with Crippen LogP contribution in [-0.2, 0) is 0 Å². The van der Waals surface area contributed by atoms with E-state index in [-0.39, 0.29) is 0 Å². The molecule has 0 aliphatic rings. The van der Waals surface area contributed by atoms with Gasteiger partial charge in [-0.15, -0.1) is 22.7 Å². The van der Waals surface area contributed by atoms with Crippen molar-refractivity contribution < 1.29 is 0 Å². The monoisotopic (exact) mass is 300 g/mol. The predicted molar refractivity (Wildman–Crippen MR) is 85.6 cm³/mol. The van der Waals surface area contributed by atoms with Crippen LogP contribution < -0.4 is 5.43 Å². The summed E-state index contributed by atoms with van der Waals surface area (Å²) >= 11 is 3.14. The predicted octanol–water partition coefficient (Wildman–Crippen LogP) is 4.02. The minimum atomic E-state index is 0.770. The molecule has 0 radical (unpaired) electrons. The van der Waals surface area contributed by atoms with Gasteiger partial charge in [-0.2, -0.15) is 5.10 Å². The number of nitrogens with zero attached hydrogens (tertiary/aromatic N) is 3. The average molecular weight is 300 g/mol. The molecule has 3 aromatic rings. The Bertz CT molecular complexity index is 716. The molecule has 0 fully saturated rings. The minimum absolute atomic E-state index is 0.770. The molecule has 0 atom stereocenters. The number of hydrazone groups is 1. The molecule has 20 heavy (non-hydrogen) atoms. The Balaban J connectivity index is 1.67. The molecular weight excluding hydrogens is 288 g/mol. The van der Waals surface area contributed by atoms with Crippen LogP contribution in [0.15, 0.2) is 46.2 Å². The quantitative estimate of drug-likeness (QED) is 0.585. The zero-order valence-electron chi connectivity index (χ0n) is 10.8. The molecule has 0 saturated heterocycles. The number of hydrogen-bond donors (Lipinski definition) is 1. The highest BCUT2D eigenvalue weighted by Gasteiger charge is 2.02. The fourth-order valence-electron chi connectivity index (χ4n) is 1.66. The lowest BCUT2D eigenvalue weighted by atomic mass is 10.2. The van der Waals surface area contributed by atoms with Gasteiger partial charge in [-0.05, 0) is 6.92 Å². The molecular formula is C14H12N4S2. The highest BCUT2D eigenvalue weighted by Crippen LogP contribution is 2.24. The van der Waals surface area contributed by atoms with Gasteiger partial charge in [0.1, 0.15) is 0 Å². The second kappa shape index (κ2) is 5.94. The van der Waals surface area contributed by atoms with Crippen LogP contribution in [0.4, 0.5) is 5.13 Å². The average Bonchev–Trinajstić information content (AvgIpc) is 3.09. The molecule has 2 aromatic heterocycles. The van der Waals surface area contributed by atoms with Crippen LogP contribution in [0.2, 0.25) is 0 Å². The lowest BCUT2D eigenvalue weighted by molar-refractivity contribution is 1.25. The highest BCUT2D eigenvalue weighted by molar-refractivity contribution is 7.14. The van der Waals surface area contributed by atoms with Gasteiger partial charge >= 0.3 is 0 Å². The third-order valence-electron chi connectivity index (χ3n) is 2.57. The Morgan fingerprint density at radius 2 is 1.95 bits per heavy atom. The first-order valence-electron chi connectivity index (χ1n) is 6.03. The Labute approximate surface area is 124 Å². The standard InChI is InChI=1S/C14H12N4S2/c1-10-16-12(8-19-10)7-15-18-14-17-13(9-20-14)11-5-3-2-4-6-11/h2-9H,1H3,(H,17,18)/b15-7-. The second-order valence-corrected chi connectivity index (χ2v) is 5.99. The van der Waals surface area contributed by atoms with Gasteiger partial charge < -0.3 is 0 Å². The molecule has 0 spiro atoms. The SMILES string of the molecule is Cc1nc(/C=N\Nc2nc(-c3ccccc3)cs2)cs1. The number of benzene rings is 1. The molecule has 1 aromatic carbocycles. The van der Waals surface area contributed by atoms with E-state index >= 15 is 0 Å². The summed E-state index contributed by atoms with van der Waals surface area (Å²) in [5.41, 5.74) is 5.86. The smallest absolute Gasteiger partial charge is 0.203 e. The lowest BCUT2D eigenvalue weighted by Crippen LogP contribution is -1.90. The van der Waals surface area contributed by atoms with Crippen molar-refractivity contribution in [1.82, 2.24) is 9.97 Å². The second-order valence-electron chi connectivity index (χ2n) is 4.07. The third-order valence-corrected chi connectivity index (χ3v) is 4.11. The van der Waals surface area contributed by atoms with Crippen LogP contribution in [0, 0.1) is 6.92 Å². The van der Waals surface area contributed by atoms with E-state index in [1.807, 2.05) is 48.0 Å². The summed E-state index contributed by atoms with van der Waals surface area (Å²) in [5.74, 6) is 0. The fraction of sp³-hybridized carbons (Fsp3) is 0.0714. The van der Waals surface area contributed by atoms with Crippen LogP contribution >= 0.6 is 22.7 Å². The van der Waals surface area contributed by atoms with E-state index in [2.05, 4.69) is 20.5 Å². The van der Waals surface area contributed by atoms with Crippen LogP contribution in [-0.4, -0.2) is 16.2 Å². The molecule has 0 bridgehead atoms. The number of aryl methyl sites for hydroxylation is 1. The first kappa shape index (κ1) is 13.0. The summed E-state index contributed by atoms with van der Waals surface area (Å²) in [4.78, 5) is 8.80. The van der Waals surface area contributed by atoms with E-state index < -0.39 is 0 Å². The summed E-state index contributed by atoms with van der Waals surface area (Å²) in [6.45, 7) is 1.97. The van der Waals surface area contributed by atoms with Gasteiger partial charge in [0.2, 0.25) is 5.13 Å². The number of rotatable bonds is 4. The van der Waals surface area contributed by atoms with Gasteiger partial charge in [-0.3, -0.25) is 5.43 Å². The lowest BCUT2D eigenvalue weighted by Gasteiger charge is -1.94. The van der Waals surface area contributed by atoms with Gasteiger partial charge in [0.15, 0.2) is 0 Å². The highest BCUT2D eigenvalue weighted by atomic mass is 32.1. The van der Waals surface area contributed by atoms with Gasteiger partial charge in [-0.25, -0.2) is 9.97 Å². The number of thiazole rings is 2. The van der Waals surface area contributed by atoms with Crippen LogP contribution in [0.5, 0.6) is 0 Å². The topological polar surface area (TPSA) is 50.2 Å². The van der Waals surface area contributed by atoms with Gasteiger partial charge in [0.05, 0.1) is 22.6 Å². The van der Waals surface area contributed by atoms with Crippen molar-refractivity contribution in [3.05, 3.63) is 51.8 Å². The maximum Gasteiger partial charge on any atom is 0.203 e. The van der Waals surface area contributed by atoms with E-state index in [9.17, 15) is 0 Å². The van der Waals surface area contributed by atoms with Gasteiger partial charge in [0.25, 0.3) is 0 Å². The molecule has 3 rings (SSSR count). The zero-order chi connectivity index (χ0) is 13.8. The Kier molecular flexibility index (Phi) is 3.85. The number of anilines is 1. The molecule has 1 N–H and O–H groups in total. The third kappa shape index (κ3) is 3.09. The Morgan fingerprint density at radius 3 is 2.70 bits per heavy atom. The Hall–Kier alpha value is -2.05. The first-order valence-corrected chi connectivity index (χ1v) is 7.79. The summed E-state index contributed by atoms with van der Waals surface area (Å²) < 4.78 is 0. The largest absolute Gasteiger partial charge is 0.253 e. The van der Waals surface area contributed by atoms with Crippen molar-refractivity contribution in [2.24, 2.45) is 5.10 Å². The van der Waals surface area contributed by atoms with Gasteiger partial charge in [0, 0.05) is 16.3 Å². The molecule has 0 aliphatic carbocycles. The van der Waals surface area contributed by atoms with E-state index in [4.69, 9.17) is 0 Å². The normalized spacial score (nSPS) is 11.1. The summed E-state index contributed by atoms with van der Waals surface area (Å²) in [6, 6.07) is 10.1. The summed E-state index contributed by atoms with van der Waals surface area (Å²) in [7, 11) is 0. The fourth-order valence-corrected chi connectivity index (χ4v) is 2.89. The van der Waals surface area contributed by atoms with Crippen LogP contribution in [0.1, 0.15) is 10.7 Å². The molecule has 6 heteroatoms. The molecule has 100 valence electrons. The van der Waals surface area contributed by atoms with Crippen molar-refractivity contribution in [3.63, 3.8) is 0 Å². The zero-order valence-corrected chi connectivity index (χ0v) is 12.4. The van der Waals surface area contributed by atoms with E-state index in [1.54, 1.807) is 17.6 Å². The van der Waals surface area contributed by atoms with Crippen molar-refractivity contribution >= 4 is 34.0 Å². The summed E-state index contributed by atoms with van der Waals surface area (Å²) in [5, 5.41) is 9.94. The van der Waals surface area contributed by atoms with Crippen LogP contribution in [0.25, 0.3) is 11.3 Å². The molecule has 0 aliphatic heterocycles. The molecule has 0 saturated carbocycles. The first-order chi connectivity index (χ1) is 9.81. The molecule has 0 amide bonds. The van der Waals surface area contributed by atoms with E-state index in [0.717, 1.165) is 27.1 Å². The van der Waals surface area contributed by atoms with Crippen molar-refractivity contribution in [3.8, 4) is 11.3 Å². The molecule has 4 nitrogen and oxygen atoms in total. The number of aromatic nitrogens is 2. The number of nitrogens with one attached hydrogen (secondary N) is 1. The van der Waals surface area contributed by atoms with Crippen LogP contribution in [0.3, 0.4) is 0 Å². The van der Waals surface area contributed by atoms with Crippen molar-refractivity contribution in [2.75, 3.05) is 5.43 Å². The van der Waals surface area contributed by atoms with Crippen molar-refractivity contribution in [2.45, 2.75) is 6.92 Å². The van der Waals surface area contributed by atoms with E-state index in [0.29, 0.717) is 0 Å². The molecule has 2 heterocycles. The minimum Gasteiger partial charge on any atom is -0.253 e. The van der Waals surface area contributed by atoms with Gasteiger partial charge in [-0.1, -0.05) is 30.3 Å². The van der Waals surface area contributed by atoms with E-state index in [1.165, 1.54) is 11.3 Å². The maximum atomic E-state index is 4.49. The molecule has 0 unspecified atom stereocenters.